The van der Waals surface area contributed by atoms with Crippen LogP contribution in [0.25, 0.3) is 5.76 Å². The van der Waals surface area contributed by atoms with Crippen LogP contribution in [0.3, 0.4) is 0 Å². The second-order valence-electron chi connectivity index (χ2n) is 8.88. The largest absolute Gasteiger partial charge is 0.507 e. The first kappa shape index (κ1) is 25.1. The number of hydrogen-bond acceptors (Lipinski definition) is 8. The molecule has 1 aromatic heterocycles. The van der Waals surface area contributed by atoms with Crippen LogP contribution in [0.4, 0.5) is 10.8 Å². The van der Waals surface area contributed by atoms with E-state index in [-0.39, 0.29) is 21.3 Å². The van der Waals surface area contributed by atoms with Gasteiger partial charge in [0.2, 0.25) is 0 Å². The number of Topliss-reactive ketones (excluding diaryl/α,β-unsaturated/α-hetero) is 1. The van der Waals surface area contributed by atoms with Gasteiger partial charge in [-0.25, -0.2) is 9.78 Å². The Bertz CT molecular complexity index is 1410. The molecule has 1 saturated heterocycles. The number of carbonyl (C=O) groups is 3. The van der Waals surface area contributed by atoms with Crippen molar-refractivity contribution in [2.75, 3.05) is 31.0 Å². The van der Waals surface area contributed by atoms with E-state index in [9.17, 15) is 19.5 Å². The monoisotopic (exact) mass is 505 g/mol. The number of benzene rings is 2. The third-order valence-electron chi connectivity index (χ3n) is 6.18. The van der Waals surface area contributed by atoms with Gasteiger partial charge in [0.25, 0.3) is 5.78 Å². The molecule has 186 valence electrons. The van der Waals surface area contributed by atoms with E-state index >= 15 is 0 Å². The van der Waals surface area contributed by atoms with E-state index in [0.29, 0.717) is 16.8 Å². The maximum Gasteiger partial charge on any atom is 0.350 e. The van der Waals surface area contributed by atoms with Crippen molar-refractivity contribution in [1.82, 2.24) is 4.98 Å². The van der Waals surface area contributed by atoms with Crippen LogP contribution < -0.4 is 9.80 Å². The van der Waals surface area contributed by atoms with Crippen molar-refractivity contribution in [2.45, 2.75) is 26.8 Å². The molecule has 1 aliphatic heterocycles. The van der Waals surface area contributed by atoms with Gasteiger partial charge in [0.15, 0.2) is 5.13 Å². The highest BCUT2D eigenvalue weighted by Crippen LogP contribution is 2.44. The fraction of sp³-hybridized carbons (Fsp3) is 0.259. The molecule has 0 bridgehead atoms. The highest BCUT2D eigenvalue weighted by Gasteiger charge is 2.48. The summed E-state index contributed by atoms with van der Waals surface area (Å²) in [6.07, 6.45) is 0. The Morgan fingerprint density at radius 3 is 2.36 bits per heavy atom. The number of anilines is 2. The minimum absolute atomic E-state index is 0.0289. The zero-order valence-electron chi connectivity index (χ0n) is 20.9. The maximum atomic E-state index is 13.4. The summed E-state index contributed by atoms with van der Waals surface area (Å²) < 4.78 is 4.84. The summed E-state index contributed by atoms with van der Waals surface area (Å²) in [6.45, 7) is 5.36. The molecule has 1 unspecified atom stereocenters. The van der Waals surface area contributed by atoms with Gasteiger partial charge in [0, 0.05) is 25.3 Å². The standard InChI is InChI=1S/C27H27N3O5S/c1-14-7-8-15(2)19(13-14)22(31)20-21(17-9-11-18(12-10-17)29(4)5)30(25(33)23(20)32)27-28-16(3)24(36-27)26(34)35-6/h7-13,21,31H,1-6H3. The van der Waals surface area contributed by atoms with Crippen molar-refractivity contribution in [1.29, 1.82) is 0 Å². The molecule has 4 rings (SSSR count). The maximum absolute atomic E-state index is 13.4. The number of amides is 1. The van der Waals surface area contributed by atoms with Gasteiger partial charge in [0.1, 0.15) is 10.6 Å². The Hall–Kier alpha value is -3.98. The second kappa shape index (κ2) is 9.58. The van der Waals surface area contributed by atoms with Crippen molar-refractivity contribution in [2.24, 2.45) is 0 Å². The normalized spacial score (nSPS) is 16.9. The minimum Gasteiger partial charge on any atom is -0.507 e. The number of ketones is 1. The van der Waals surface area contributed by atoms with Crippen LogP contribution in [-0.4, -0.2) is 49.0 Å². The Kier molecular flexibility index (Phi) is 6.69. The number of aromatic nitrogens is 1. The lowest BCUT2D eigenvalue weighted by atomic mass is 9.93. The molecule has 0 spiro atoms. The number of thiazole rings is 1. The van der Waals surface area contributed by atoms with E-state index in [2.05, 4.69) is 4.98 Å². The van der Waals surface area contributed by atoms with Crippen LogP contribution in [0.5, 0.6) is 0 Å². The molecular formula is C27H27N3O5S. The molecule has 8 nitrogen and oxygen atoms in total. The SMILES string of the molecule is COC(=O)c1sc(N2C(=O)C(=O)C(=C(O)c3cc(C)ccc3C)C2c2ccc(N(C)C)cc2)nc1C. The lowest BCUT2D eigenvalue weighted by molar-refractivity contribution is -0.132. The predicted octanol–water partition coefficient (Wildman–Crippen LogP) is 4.55. The van der Waals surface area contributed by atoms with E-state index < -0.39 is 23.7 Å². The summed E-state index contributed by atoms with van der Waals surface area (Å²) in [6, 6.07) is 12.0. The molecule has 1 amide bonds. The van der Waals surface area contributed by atoms with E-state index in [1.807, 2.05) is 69.2 Å². The Morgan fingerprint density at radius 2 is 1.75 bits per heavy atom. The van der Waals surface area contributed by atoms with Gasteiger partial charge in [-0.3, -0.25) is 14.5 Å². The van der Waals surface area contributed by atoms with Gasteiger partial charge < -0.3 is 14.7 Å². The fourth-order valence-electron chi connectivity index (χ4n) is 4.20. The van der Waals surface area contributed by atoms with Crippen LogP contribution in [0, 0.1) is 20.8 Å². The molecular weight excluding hydrogens is 478 g/mol. The van der Waals surface area contributed by atoms with E-state index in [1.54, 1.807) is 13.0 Å². The van der Waals surface area contributed by atoms with Crippen molar-refractivity contribution in [3.8, 4) is 0 Å². The lowest BCUT2D eigenvalue weighted by Crippen LogP contribution is -2.29. The predicted molar refractivity (Wildman–Crippen MR) is 140 cm³/mol. The minimum atomic E-state index is -0.933. The van der Waals surface area contributed by atoms with Crippen molar-refractivity contribution in [3.63, 3.8) is 0 Å². The van der Waals surface area contributed by atoms with Gasteiger partial charge >= 0.3 is 11.9 Å². The molecule has 1 atom stereocenters. The number of rotatable bonds is 5. The van der Waals surface area contributed by atoms with Crippen molar-refractivity contribution < 1.29 is 24.2 Å². The molecule has 1 N–H and O–H groups in total. The molecule has 1 fully saturated rings. The van der Waals surface area contributed by atoms with Crippen LogP contribution in [0.15, 0.2) is 48.0 Å². The number of hydrogen-bond donors (Lipinski definition) is 1. The summed E-state index contributed by atoms with van der Waals surface area (Å²) >= 11 is 0.972. The highest BCUT2D eigenvalue weighted by molar-refractivity contribution is 7.17. The zero-order valence-corrected chi connectivity index (χ0v) is 21.8. The molecule has 0 saturated carbocycles. The van der Waals surface area contributed by atoms with Gasteiger partial charge in [-0.2, -0.15) is 0 Å². The number of carbonyl (C=O) groups excluding carboxylic acids is 3. The lowest BCUT2D eigenvalue weighted by Gasteiger charge is -2.24. The molecule has 2 aromatic carbocycles. The number of ether oxygens (including phenoxy) is 1. The molecule has 9 heteroatoms. The van der Waals surface area contributed by atoms with Crippen LogP contribution in [-0.2, 0) is 14.3 Å². The third kappa shape index (κ3) is 4.26. The average molecular weight is 506 g/mol. The molecule has 0 aliphatic carbocycles. The van der Waals surface area contributed by atoms with Gasteiger partial charge in [-0.15, -0.1) is 0 Å². The number of aryl methyl sites for hydroxylation is 3. The van der Waals surface area contributed by atoms with Crippen LogP contribution >= 0.6 is 11.3 Å². The first-order valence-electron chi connectivity index (χ1n) is 11.3. The first-order chi connectivity index (χ1) is 17.0. The summed E-state index contributed by atoms with van der Waals surface area (Å²) in [5, 5.41) is 11.6. The topological polar surface area (TPSA) is 100 Å². The second-order valence-corrected chi connectivity index (χ2v) is 9.85. The molecule has 0 radical (unpaired) electrons. The number of nitrogens with zero attached hydrogens (tertiary/aromatic N) is 3. The smallest absolute Gasteiger partial charge is 0.350 e. The molecule has 3 aromatic rings. The third-order valence-corrected chi connectivity index (χ3v) is 7.32. The number of methoxy groups -OCH3 is 1. The molecule has 1 aliphatic rings. The summed E-state index contributed by atoms with van der Waals surface area (Å²) in [4.78, 5) is 46.9. The van der Waals surface area contributed by atoms with Gasteiger partial charge in [-0.1, -0.05) is 41.2 Å². The van der Waals surface area contributed by atoms with Crippen LogP contribution in [0.2, 0.25) is 0 Å². The average Bonchev–Trinajstić information content (AvgIpc) is 3.36. The van der Waals surface area contributed by atoms with E-state index in [0.717, 1.165) is 28.2 Å². The quantitative estimate of drug-likeness (QED) is 0.235. The highest BCUT2D eigenvalue weighted by atomic mass is 32.1. The number of aliphatic hydroxyl groups excluding tert-OH is 1. The van der Waals surface area contributed by atoms with E-state index in [4.69, 9.17) is 4.74 Å². The first-order valence-corrected chi connectivity index (χ1v) is 12.1. The zero-order chi connectivity index (χ0) is 26.3. The van der Waals surface area contributed by atoms with E-state index in [1.165, 1.54) is 12.0 Å². The Labute approximate surface area is 213 Å². The van der Waals surface area contributed by atoms with Gasteiger partial charge in [0.05, 0.1) is 24.4 Å². The van der Waals surface area contributed by atoms with Crippen molar-refractivity contribution >= 4 is 45.6 Å². The van der Waals surface area contributed by atoms with Crippen molar-refractivity contribution in [3.05, 3.63) is 80.9 Å². The van der Waals surface area contributed by atoms with Crippen LogP contribution in [0.1, 0.15) is 43.7 Å². The Balaban J connectivity index is 1.96. The Morgan fingerprint density at radius 1 is 1.08 bits per heavy atom. The number of esters is 1. The molecule has 36 heavy (non-hydrogen) atoms. The summed E-state index contributed by atoms with van der Waals surface area (Å²) in [5.41, 5.74) is 4.07. The number of aliphatic hydroxyl groups is 1. The molecule has 2 heterocycles. The summed E-state index contributed by atoms with van der Waals surface area (Å²) in [5.74, 6) is -2.47. The summed E-state index contributed by atoms with van der Waals surface area (Å²) in [7, 11) is 5.09. The van der Waals surface area contributed by atoms with Gasteiger partial charge in [-0.05, 0) is 50.1 Å². The fourth-order valence-corrected chi connectivity index (χ4v) is 5.22.